The molecule has 0 aliphatic carbocycles. The lowest BCUT2D eigenvalue weighted by atomic mass is 9.99. The number of benzene rings is 6. The van der Waals surface area contributed by atoms with E-state index in [9.17, 15) is 0 Å². The van der Waals surface area contributed by atoms with Crippen LogP contribution in [-0.2, 0) is 0 Å². The van der Waals surface area contributed by atoms with Gasteiger partial charge >= 0.3 is 0 Å². The summed E-state index contributed by atoms with van der Waals surface area (Å²) in [5.74, 6) is 0. The Labute approximate surface area is 232 Å². The molecular formula is C38H27NO. The van der Waals surface area contributed by atoms with E-state index in [-0.39, 0.29) is 0 Å². The molecule has 0 radical (unpaired) electrons. The smallest absolute Gasteiger partial charge is 0.135 e. The monoisotopic (exact) mass is 513 g/mol. The summed E-state index contributed by atoms with van der Waals surface area (Å²) in [6.07, 6.45) is 0. The second kappa shape index (κ2) is 8.72. The van der Waals surface area contributed by atoms with Crippen molar-refractivity contribution in [2.75, 3.05) is 0 Å². The Balaban J connectivity index is 1.15. The third kappa shape index (κ3) is 3.57. The first-order valence-electron chi connectivity index (χ1n) is 13.8. The van der Waals surface area contributed by atoms with Gasteiger partial charge in [-0.1, -0.05) is 83.9 Å². The van der Waals surface area contributed by atoms with E-state index >= 15 is 0 Å². The number of rotatable bonds is 3. The molecule has 0 amide bonds. The number of hydrogen-bond acceptors (Lipinski definition) is 1. The number of nitrogens with zero attached hydrogens (tertiary/aromatic N) is 1. The lowest BCUT2D eigenvalue weighted by Crippen LogP contribution is -1.93. The van der Waals surface area contributed by atoms with Crippen LogP contribution in [0.4, 0.5) is 0 Å². The highest BCUT2D eigenvalue weighted by molar-refractivity contribution is 6.10. The van der Waals surface area contributed by atoms with Gasteiger partial charge in [0.15, 0.2) is 0 Å². The Morgan fingerprint density at radius 1 is 0.425 bits per heavy atom. The van der Waals surface area contributed by atoms with Crippen molar-refractivity contribution in [3.05, 3.63) is 139 Å². The second-order valence-corrected chi connectivity index (χ2v) is 10.8. The Morgan fingerprint density at radius 3 is 1.60 bits per heavy atom. The fourth-order valence-corrected chi connectivity index (χ4v) is 6.09. The zero-order valence-electron chi connectivity index (χ0n) is 22.5. The molecule has 0 N–H and O–H groups in total. The third-order valence-electron chi connectivity index (χ3n) is 8.13. The van der Waals surface area contributed by atoms with Crippen molar-refractivity contribution in [1.29, 1.82) is 0 Å². The number of furan rings is 1. The summed E-state index contributed by atoms with van der Waals surface area (Å²) in [7, 11) is 0. The Morgan fingerprint density at radius 2 is 0.950 bits per heavy atom. The zero-order valence-corrected chi connectivity index (χ0v) is 22.5. The number of para-hydroxylation sites is 1. The Bertz CT molecular complexity index is 2150. The molecule has 0 aliphatic rings. The molecule has 8 aromatic rings. The van der Waals surface area contributed by atoms with Crippen LogP contribution in [0.2, 0.25) is 0 Å². The molecule has 0 aliphatic heterocycles. The second-order valence-electron chi connectivity index (χ2n) is 10.8. The fraction of sp³-hybridized carbons (Fsp3) is 0.0526. The molecule has 2 heterocycles. The summed E-state index contributed by atoms with van der Waals surface area (Å²) in [4.78, 5) is 0. The molecule has 0 saturated carbocycles. The van der Waals surface area contributed by atoms with Gasteiger partial charge in [0.1, 0.15) is 11.2 Å². The van der Waals surface area contributed by atoms with Gasteiger partial charge in [-0.05, 0) is 90.7 Å². The Hall–Kier alpha value is -5.08. The standard InChI is InChI=1S/C38H27NO/c1-24-7-18-35-32(21-24)33-22-25(2)8-19-36(33)39(35)30-16-13-27(14-17-30)26-9-11-28(12-10-26)29-15-20-38-34(23-29)31-5-3-4-6-37(31)40-38/h3-23H,1-2H3. The van der Waals surface area contributed by atoms with Crippen LogP contribution >= 0.6 is 0 Å². The molecule has 190 valence electrons. The highest BCUT2D eigenvalue weighted by Crippen LogP contribution is 2.35. The van der Waals surface area contributed by atoms with Crippen LogP contribution in [0.5, 0.6) is 0 Å². The molecule has 0 bridgehead atoms. The molecule has 0 saturated heterocycles. The molecule has 0 unspecified atom stereocenters. The van der Waals surface area contributed by atoms with E-state index in [0.29, 0.717) is 0 Å². The minimum atomic E-state index is 0.926. The SMILES string of the molecule is Cc1ccc2c(c1)c1cc(C)ccc1n2-c1ccc(-c2ccc(-c3ccc4oc5ccccc5c4c3)cc2)cc1. The number of fused-ring (bicyclic) bond motifs is 6. The summed E-state index contributed by atoms with van der Waals surface area (Å²) in [5.41, 5.74) is 12.9. The predicted octanol–water partition coefficient (Wildman–Crippen LogP) is 10.6. The van der Waals surface area contributed by atoms with Gasteiger partial charge in [-0.25, -0.2) is 0 Å². The first-order valence-corrected chi connectivity index (χ1v) is 13.8. The van der Waals surface area contributed by atoms with Crippen LogP contribution in [0.15, 0.2) is 132 Å². The molecule has 0 spiro atoms. The average Bonchev–Trinajstić information content (AvgIpc) is 3.52. The van der Waals surface area contributed by atoms with Gasteiger partial charge in [0.25, 0.3) is 0 Å². The molecule has 6 aromatic carbocycles. The van der Waals surface area contributed by atoms with Crippen LogP contribution in [0, 0.1) is 13.8 Å². The van der Waals surface area contributed by atoms with Crippen LogP contribution < -0.4 is 0 Å². The molecular weight excluding hydrogens is 486 g/mol. The van der Waals surface area contributed by atoms with Crippen molar-refractivity contribution < 1.29 is 4.42 Å². The maximum Gasteiger partial charge on any atom is 0.135 e. The maximum absolute atomic E-state index is 6.01. The van der Waals surface area contributed by atoms with Crippen molar-refractivity contribution in [2.24, 2.45) is 0 Å². The Kier molecular flexibility index (Phi) is 4.99. The summed E-state index contributed by atoms with van der Waals surface area (Å²) in [6, 6.07) is 46.0. The summed E-state index contributed by atoms with van der Waals surface area (Å²) >= 11 is 0. The molecule has 2 nitrogen and oxygen atoms in total. The van der Waals surface area contributed by atoms with Crippen molar-refractivity contribution in [3.63, 3.8) is 0 Å². The van der Waals surface area contributed by atoms with Crippen LogP contribution in [0.3, 0.4) is 0 Å². The van der Waals surface area contributed by atoms with Gasteiger partial charge in [-0.3, -0.25) is 0 Å². The molecule has 40 heavy (non-hydrogen) atoms. The number of aromatic nitrogens is 1. The van der Waals surface area contributed by atoms with E-state index in [1.807, 2.05) is 12.1 Å². The fourth-order valence-electron chi connectivity index (χ4n) is 6.09. The van der Waals surface area contributed by atoms with Crippen molar-refractivity contribution in [1.82, 2.24) is 4.57 Å². The first kappa shape index (κ1) is 22.9. The lowest BCUT2D eigenvalue weighted by molar-refractivity contribution is 0.669. The molecule has 0 atom stereocenters. The van der Waals surface area contributed by atoms with Crippen molar-refractivity contribution in [3.8, 4) is 27.9 Å². The van der Waals surface area contributed by atoms with Gasteiger partial charge in [-0.15, -0.1) is 0 Å². The molecule has 0 fully saturated rings. The van der Waals surface area contributed by atoms with E-state index < -0.39 is 0 Å². The van der Waals surface area contributed by atoms with E-state index in [4.69, 9.17) is 4.42 Å². The topological polar surface area (TPSA) is 18.1 Å². The highest BCUT2D eigenvalue weighted by Gasteiger charge is 2.13. The normalized spacial score (nSPS) is 11.8. The molecule has 2 aromatic heterocycles. The highest BCUT2D eigenvalue weighted by atomic mass is 16.3. The van der Waals surface area contributed by atoms with E-state index in [2.05, 4.69) is 134 Å². The summed E-state index contributed by atoms with van der Waals surface area (Å²) in [6.45, 7) is 4.33. The lowest BCUT2D eigenvalue weighted by Gasteiger charge is -2.10. The van der Waals surface area contributed by atoms with Crippen LogP contribution in [0.25, 0.3) is 71.7 Å². The minimum Gasteiger partial charge on any atom is -0.456 e. The van der Waals surface area contributed by atoms with Crippen molar-refractivity contribution >= 4 is 43.7 Å². The third-order valence-corrected chi connectivity index (χ3v) is 8.13. The summed E-state index contributed by atoms with van der Waals surface area (Å²) < 4.78 is 8.39. The van der Waals surface area contributed by atoms with Gasteiger partial charge in [0.05, 0.1) is 11.0 Å². The number of aryl methyl sites for hydroxylation is 2. The average molecular weight is 514 g/mol. The van der Waals surface area contributed by atoms with Crippen LogP contribution in [-0.4, -0.2) is 4.57 Å². The van der Waals surface area contributed by atoms with Crippen molar-refractivity contribution in [2.45, 2.75) is 13.8 Å². The van der Waals surface area contributed by atoms with E-state index in [1.165, 1.54) is 60.9 Å². The molecule has 2 heteroatoms. The number of hydrogen-bond donors (Lipinski definition) is 0. The quantitative estimate of drug-likeness (QED) is 0.230. The van der Waals surface area contributed by atoms with Gasteiger partial charge < -0.3 is 8.98 Å². The van der Waals surface area contributed by atoms with E-state index in [1.54, 1.807) is 0 Å². The van der Waals surface area contributed by atoms with Gasteiger partial charge in [0.2, 0.25) is 0 Å². The maximum atomic E-state index is 6.01. The molecule has 8 rings (SSSR count). The predicted molar refractivity (Wildman–Crippen MR) is 168 cm³/mol. The minimum absolute atomic E-state index is 0.926. The van der Waals surface area contributed by atoms with Crippen LogP contribution in [0.1, 0.15) is 11.1 Å². The zero-order chi connectivity index (χ0) is 26.8. The van der Waals surface area contributed by atoms with Gasteiger partial charge in [-0.2, -0.15) is 0 Å². The summed E-state index contributed by atoms with van der Waals surface area (Å²) in [5, 5.41) is 4.92. The largest absolute Gasteiger partial charge is 0.456 e. The first-order chi connectivity index (χ1) is 19.6. The van der Waals surface area contributed by atoms with E-state index in [0.717, 1.165) is 21.9 Å². The van der Waals surface area contributed by atoms with Gasteiger partial charge in [0, 0.05) is 27.2 Å².